The van der Waals surface area contributed by atoms with Crippen LogP contribution in [0.2, 0.25) is 0 Å². The Morgan fingerprint density at radius 3 is 3.04 bits per heavy atom. The SMILES string of the molecule is Cn1nc(C(=O)NCc2cccs2)c2c1CC[C@H](NCC1(C)COC1)C2. The lowest BCUT2D eigenvalue weighted by molar-refractivity contribution is -0.100. The van der Waals surface area contributed by atoms with Gasteiger partial charge in [0.1, 0.15) is 0 Å². The van der Waals surface area contributed by atoms with E-state index in [1.165, 1.54) is 5.69 Å². The second kappa shape index (κ2) is 7.13. The third kappa shape index (κ3) is 3.56. The van der Waals surface area contributed by atoms with Crippen LogP contribution in [0.3, 0.4) is 0 Å². The summed E-state index contributed by atoms with van der Waals surface area (Å²) in [7, 11) is 1.94. The van der Waals surface area contributed by atoms with Crippen LogP contribution in [0.4, 0.5) is 0 Å². The fourth-order valence-corrected chi connectivity index (χ4v) is 4.40. The minimum atomic E-state index is -0.0738. The van der Waals surface area contributed by atoms with E-state index in [1.54, 1.807) is 11.3 Å². The highest BCUT2D eigenvalue weighted by Gasteiger charge is 2.35. The van der Waals surface area contributed by atoms with Crippen LogP contribution in [0.5, 0.6) is 0 Å². The summed E-state index contributed by atoms with van der Waals surface area (Å²) in [5.74, 6) is -0.0738. The quantitative estimate of drug-likeness (QED) is 0.810. The molecule has 2 aromatic heterocycles. The van der Waals surface area contributed by atoms with E-state index in [0.29, 0.717) is 18.3 Å². The molecule has 0 spiro atoms. The Bertz CT molecular complexity index is 780. The van der Waals surface area contributed by atoms with Crippen LogP contribution in [-0.2, 0) is 31.2 Å². The van der Waals surface area contributed by atoms with E-state index in [2.05, 4.69) is 22.7 Å². The number of carbonyl (C=O) groups excluding carboxylic acids is 1. The van der Waals surface area contributed by atoms with E-state index >= 15 is 0 Å². The average Bonchev–Trinajstić information content (AvgIpc) is 3.24. The van der Waals surface area contributed by atoms with Crippen molar-refractivity contribution in [1.29, 1.82) is 0 Å². The molecule has 26 heavy (non-hydrogen) atoms. The van der Waals surface area contributed by atoms with Gasteiger partial charge in [0.15, 0.2) is 5.69 Å². The standard InChI is InChI=1S/C19H26N4O2S/c1-19(11-25-12-19)10-21-13-5-6-16-15(8-13)17(22-23(16)2)18(24)20-9-14-4-3-7-26-14/h3-4,7,13,21H,5-6,8-12H2,1-2H3,(H,20,24)/t13-/m0/s1. The Kier molecular flexibility index (Phi) is 4.86. The summed E-state index contributed by atoms with van der Waals surface area (Å²) in [5, 5.41) is 13.2. The number of nitrogens with zero attached hydrogens (tertiary/aromatic N) is 2. The molecule has 1 aliphatic heterocycles. The van der Waals surface area contributed by atoms with Crippen molar-refractivity contribution in [2.45, 2.75) is 38.8 Å². The van der Waals surface area contributed by atoms with Crippen molar-refractivity contribution in [3.05, 3.63) is 39.3 Å². The maximum Gasteiger partial charge on any atom is 0.272 e. The molecule has 1 aliphatic carbocycles. The Hall–Kier alpha value is -1.70. The lowest BCUT2D eigenvalue weighted by atomic mass is 9.86. The first-order chi connectivity index (χ1) is 12.5. The highest BCUT2D eigenvalue weighted by Crippen LogP contribution is 2.28. The lowest BCUT2D eigenvalue weighted by Gasteiger charge is -2.39. The number of hydrogen-bond donors (Lipinski definition) is 2. The molecule has 2 aliphatic rings. The van der Waals surface area contributed by atoms with Crippen LogP contribution in [0.1, 0.15) is 40.0 Å². The van der Waals surface area contributed by atoms with E-state index in [1.807, 2.05) is 29.2 Å². The Morgan fingerprint density at radius 1 is 1.50 bits per heavy atom. The normalized spacial score (nSPS) is 21.1. The number of nitrogens with one attached hydrogen (secondary N) is 2. The number of ether oxygens (including phenoxy) is 1. The molecular formula is C19H26N4O2S. The number of aromatic nitrogens is 2. The molecule has 0 bridgehead atoms. The number of hydrogen-bond acceptors (Lipinski definition) is 5. The average molecular weight is 375 g/mol. The molecule has 0 unspecified atom stereocenters. The monoisotopic (exact) mass is 374 g/mol. The molecule has 2 N–H and O–H groups in total. The molecule has 2 aromatic rings. The first-order valence-electron chi connectivity index (χ1n) is 9.20. The maximum atomic E-state index is 12.7. The molecule has 1 atom stereocenters. The van der Waals surface area contributed by atoms with E-state index < -0.39 is 0 Å². The van der Waals surface area contributed by atoms with Gasteiger partial charge in [-0.15, -0.1) is 11.3 Å². The zero-order valence-electron chi connectivity index (χ0n) is 15.4. The predicted octanol–water partition coefficient (Wildman–Crippen LogP) is 1.89. The molecular weight excluding hydrogens is 348 g/mol. The molecule has 7 heteroatoms. The van der Waals surface area contributed by atoms with Crippen LogP contribution < -0.4 is 10.6 Å². The predicted molar refractivity (Wildman–Crippen MR) is 101 cm³/mol. The zero-order valence-corrected chi connectivity index (χ0v) is 16.2. The largest absolute Gasteiger partial charge is 0.380 e. The molecule has 0 saturated carbocycles. The first kappa shape index (κ1) is 17.7. The number of amides is 1. The fraction of sp³-hybridized carbons (Fsp3) is 0.579. The van der Waals surface area contributed by atoms with Gasteiger partial charge in [-0.2, -0.15) is 5.10 Å². The van der Waals surface area contributed by atoms with E-state index in [9.17, 15) is 4.79 Å². The highest BCUT2D eigenvalue weighted by molar-refractivity contribution is 7.09. The maximum absolute atomic E-state index is 12.7. The second-order valence-corrected chi connectivity index (χ2v) is 8.82. The van der Waals surface area contributed by atoms with Crippen molar-refractivity contribution in [2.24, 2.45) is 12.5 Å². The molecule has 6 nitrogen and oxygen atoms in total. The molecule has 1 amide bonds. The van der Waals surface area contributed by atoms with Crippen LogP contribution in [0.25, 0.3) is 0 Å². The van der Waals surface area contributed by atoms with Gasteiger partial charge in [-0.25, -0.2) is 0 Å². The summed E-state index contributed by atoms with van der Waals surface area (Å²) in [6, 6.07) is 4.43. The van der Waals surface area contributed by atoms with Crippen molar-refractivity contribution >= 4 is 17.2 Å². The molecule has 0 radical (unpaired) electrons. The third-order valence-corrected chi connectivity index (χ3v) is 6.27. The number of carbonyl (C=O) groups is 1. The number of aryl methyl sites for hydroxylation is 1. The minimum Gasteiger partial charge on any atom is -0.380 e. The molecule has 1 fully saturated rings. The zero-order chi connectivity index (χ0) is 18.1. The molecule has 0 aromatic carbocycles. The van der Waals surface area contributed by atoms with E-state index in [-0.39, 0.29) is 11.3 Å². The summed E-state index contributed by atoms with van der Waals surface area (Å²) >= 11 is 1.65. The van der Waals surface area contributed by atoms with Crippen LogP contribution in [0.15, 0.2) is 17.5 Å². The number of rotatable bonds is 6. The summed E-state index contributed by atoms with van der Waals surface area (Å²) in [5.41, 5.74) is 3.15. The van der Waals surface area contributed by atoms with E-state index in [0.717, 1.165) is 49.5 Å². The van der Waals surface area contributed by atoms with Gasteiger partial charge >= 0.3 is 0 Å². The van der Waals surface area contributed by atoms with Crippen LogP contribution in [-0.4, -0.2) is 41.5 Å². The van der Waals surface area contributed by atoms with Crippen molar-refractivity contribution in [3.8, 4) is 0 Å². The minimum absolute atomic E-state index is 0.0738. The molecule has 1 saturated heterocycles. The van der Waals surface area contributed by atoms with Crippen molar-refractivity contribution in [2.75, 3.05) is 19.8 Å². The van der Waals surface area contributed by atoms with Crippen molar-refractivity contribution in [3.63, 3.8) is 0 Å². The summed E-state index contributed by atoms with van der Waals surface area (Å²) in [6.45, 7) is 5.45. The van der Waals surface area contributed by atoms with Crippen molar-refractivity contribution < 1.29 is 9.53 Å². The van der Waals surface area contributed by atoms with Gasteiger partial charge in [-0.1, -0.05) is 13.0 Å². The lowest BCUT2D eigenvalue weighted by Crippen LogP contribution is -2.50. The van der Waals surface area contributed by atoms with Crippen LogP contribution >= 0.6 is 11.3 Å². The summed E-state index contributed by atoms with van der Waals surface area (Å²) in [4.78, 5) is 13.8. The van der Waals surface area contributed by atoms with Gasteiger partial charge in [0.05, 0.1) is 19.8 Å². The Balaban J connectivity index is 1.42. The van der Waals surface area contributed by atoms with Gasteiger partial charge in [-0.3, -0.25) is 9.48 Å². The number of thiophene rings is 1. The van der Waals surface area contributed by atoms with Crippen LogP contribution in [0, 0.1) is 5.41 Å². The fourth-order valence-electron chi connectivity index (χ4n) is 3.75. The Labute approximate surface area is 157 Å². The van der Waals surface area contributed by atoms with Crippen molar-refractivity contribution in [1.82, 2.24) is 20.4 Å². The smallest absolute Gasteiger partial charge is 0.272 e. The van der Waals surface area contributed by atoms with Gasteiger partial charge in [0, 0.05) is 41.2 Å². The van der Waals surface area contributed by atoms with Gasteiger partial charge in [-0.05, 0) is 30.7 Å². The highest BCUT2D eigenvalue weighted by atomic mass is 32.1. The Morgan fingerprint density at radius 2 is 2.35 bits per heavy atom. The molecule has 3 heterocycles. The van der Waals surface area contributed by atoms with E-state index in [4.69, 9.17) is 4.74 Å². The molecule has 140 valence electrons. The second-order valence-electron chi connectivity index (χ2n) is 7.78. The van der Waals surface area contributed by atoms with Gasteiger partial charge in [0.2, 0.25) is 0 Å². The summed E-state index contributed by atoms with van der Waals surface area (Å²) in [6.07, 6.45) is 2.91. The molecule has 4 rings (SSSR count). The number of fused-ring (bicyclic) bond motifs is 1. The summed E-state index contributed by atoms with van der Waals surface area (Å²) < 4.78 is 7.22. The topological polar surface area (TPSA) is 68.2 Å². The first-order valence-corrected chi connectivity index (χ1v) is 10.1. The van der Waals surface area contributed by atoms with Gasteiger partial charge in [0.25, 0.3) is 5.91 Å². The van der Waals surface area contributed by atoms with Gasteiger partial charge < -0.3 is 15.4 Å². The third-order valence-electron chi connectivity index (χ3n) is 5.39.